The van der Waals surface area contributed by atoms with Gasteiger partial charge in [-0.3, -0.25) is 10.1 Å². The number of esters is 1. The summed E-state index contributed by atoms with van der Waals surface area (Å²) in [4.78, 5) is 22.4. The Bertz CT molecular complexity index is 576. The Morgan fingerprint density at radius 1 is 1.18 bits per heavy atom. The SMILES string of the molecule is O=C(O[C@@H]1CC[C@@H]2O[C@@H]2CC[C@H]1Br)c1ccc([N+](=O)[O-])cc1. The Balaban J connectivity index is 1.62. The molecule has 0 amide bonds. The van der Waals surface area contributed by atoms with Crippen molar-refractivity contribution < 1.29 is 19.2 Å². The summed E-state index contributed by atoms with van der Waals surface area (Å²) in [7, 11) is 0. The number of rotatable bonds is 3. The van der Waals surface area contributed by atoms with Gasteiger partial charge in [-0.1, -0.05) is 15.9 Å². The monoisotopic (exact) mass is 369 g/mol. The molecule has 1 aromatic rings. The summed E-state index contributed by atoms with van der Waals surface area (Å²) in [5.74, 6) is -0.446. The van der Waals surface area contributed by atoms with E-state index >= 15 is 0 Å². The van der Waals surface area contributed by atoms with E-state index in [1.807, 2.05) is 0 Å². The molecule has 1 saturated heterocycles. The van der Waals surface area contributed by atoms with Gasteiger partial charge in [0, 0.05) is 12.1 Å². The third-order valence-electron chi connectivity index (χ3n) is 4.13. The Kier molecular flexibility index (Phi) is 4.44. The number of nitro benzene ring substituents is 1. The first kappa shape index (κ1) is 15.4. The van der Waals surface area contributed by atoms with Crippen LogP contribution in [0, 0.1) is 10.1 Å². The summed E-state index contributed by atoms with van der Waals surface area (Å²) in [5, 5.41) is 10.6. The number of benzene rings is 1. The number of nitrogens with zero attached hydrogens (tertiary/aromatic N) is 1. The van der Waals surface area contributed by atoms with E-state index in [1.54, 1.807) is 0 Å². The summed E-state index contributed by atoms with van der Waals surface area (Å²) in [6, 6.07) is 5.46. The molecule has 1 aromatic carbocycles. The van der Waals surface area contributed by atoms with E-state index in [0.29, 0.717) is 17.8 Å². The van der Waals surface area contributed by atoms with E-state index < -0.39 is 10.9 Å². The van der Waals surface area contributed by atoms with Gasteiger partial charge in [0.2, 0.25) is 0 Å². The molecule has 22 heavy (non-hydrogen) atoms. The predicted octanol–water partition coefficient (Wildman–Crippen LogP) is 3.23. The van der Waals surface area contributed by atoms with Crippen LogP contribution in [0.25, 0.3) is 0 Å². The van der Waals surface area contributed by atoms with Gasteiger partial charge in [0.25, 0.3) is 5.69 Å². The van der Waals surface area contributed by atoms with Crippen molar-refractivity contribution in [2.45, 2.75) is 48.8 Å². The van der Waals surface area contributed by atoms with Gasteiger partial charge < -0.3 is 9.47 Å². The molecular formula is C15H16BrNO5. The molecule has 1 aliphatic carbocycles. The first-order chi connectivity index (χ1) is 10.5. The van der Waals surface area contributed by atoms with E-state index in [1.165, 1.54) is 24.3 Å². The summed E-state index contributed by atoms with van der Waals surface area (Å²) in [6.45, 7) is 0. The smallest absolute Gasteiger partial charge is 0.338 e. The molecule has 3 rings (SSSR count). The molecule has 0 spiro atoms. The van der Waals surface area contributed by atoms with Crippen molar-refractivity contribution in [3.8, 4) is 0 Å². The van der Waals surface area contributed by atoms with Crippen LogP contribution in [0.3, 0.4) is 0 Å². The molecule has 6 nitrogen and oxygen atoms in total. The topological polar surface area (TPSA) is 82.0 Å². The molecular weight excluding hydrogens is 354 g/mol. The maximum atomic E-state index is 12.2. The molecule has 1 saturated carbocycles. The first-order valence-electron chi connectivity index (χ1n) is 7.29. The molecule has 0 radical (unpaired) electrons. The minimum Gasteiger partial charge on any atom is -0.458 e. The van der Waals surface area contributed by atoms with E-state index in [4.69, 9.17) is 9.47 Å². The second-order valence-electron chi connectivity index (χ2n) is 5.63. The molecule has 0 N–H and O–H groups in total. The fourth-order valence-electron chi connectivity index (χ4n) is 2.76. The molecule has 2 fully saturated rings. The highest BCUT2D eigenvalue weighted by Gasteiger charge is 2.42. The van der Waals surface area contributed by atoms with Crippen LogP contribution in [0.2, 0.25) is 0 Å². The highest BCUT2D eigenvalue weighted by molar-refractivity contribution is 9.09. The highest BCUT2D eigenvalue weighted by atomic mass is 79.9. The van der Waals surface area contributed by atoms with Gasteiger partial charge in [-0.2, -0.15) is 0 Å². The number of alkyl halides is 1. The predicted molar refractivity (Wildman–Crippen MR) is 82.1 cm³/mol. The Morgan fingerprint density at radius 3 is 2.45 bits per heavy atom. The minimum absolute atomic E-state index is 0.0437. The molecule has 4 atom stereocenters. The zero-order chi connectivity index (χ0) is 15.7. The van der Waals surface area contributed by atoms with E-state index in [2.05, 4.69) is 15.9 Å². The van der Waals surface area contributed by atoms with Gasteiger partial charge in [0.05, 0.1) is 27.5 Å². The fraction of sp³-hybridized carbons (Fsp3) is 0.533. The second-order valence-corrected chi connectivity index (χ2v) is 6.81. The average Bonchev–Trinajstić information content (AvgIpc) is 3.25. The molecule has 1 aliphatic heterocycles. The third kappa shape index (κ3) is 3.47. The molecule has 0 bridgehead atoms. The van der Waals surface area contributed by atoms with Gasteiger partial charge in [-0.15, -0.1) is 0 Å². The number of ether oxygens (including phenoxy) is 2. The number of hydrogen-bond donors (Lipinski definition) is 0. The summed E-state index contributed by atoms with van der Waals surface area (Å²) >= 11 is 3.60. The molecule has 2 aliphatic rings. The van der Waals surface area contributed by atoms with Crippen LogP contribution >= 0.6 is 15.9 Å². The Morgan fingerprint density at radius 2 is 1.82 bits per heavy atom. The molecule has 7 heteroatoms. The number of halogens is 1. The van der Waals surface area contributed by atoms with E-state index in [9.17, 15) is 14.9 Å². The second kappa shape index (κ2) is 6.34. The number of carbonyl (C=O) groups excluding carboxylic acids is 1. The fourth-order valence-corrected chi connectivity index (χ4v) is 3.40. The normalized spacial score (nSPS) is 30.6. The summed E-state index contributed by atoms with van der Waals surface area (Å²) in [6.07, 6.45) is 4.03. The van der Waals surface area contributed by atoms with Gasteiger partial charge in [0.1, 0.15) is 6.10 Å². The number of nitro groups is 1. The quantitative estimate of drug-likeness (QED) is 0.268. The van der Waals surface area contributed by atoms with Gasteiger partial charge in [-0.05, 0) is 37.8 Å². The number of hydrogen-bond acceptors (Lipinski definition) is 5. The van der Waals surface area contributed by atoms with E-state index in [0.717, 1.165) is 25.7 Å². The van der Waals surface area contributed by atoms with Crippen molar-refractivity contribution in [3.05, 3.63) is 39.9 Å². The van der Waals surface area contributed by atoms with Gasteiger partial charge in [-0.25, -0.2) is 4.79 Å². The molecule has 1 heterocycles. The van der Waals surface area contributed by atoms with Crippen LogP contribution in [-0.4, -0.2) is 34.0 Å². The van der Waals surface area contributed by atoms with Crippen LogP contribution in [0.1, 0.15) is 36.0 Å². The zero-order valence-corrected chi connectivity index (χ0v) is 13.4. The van der Waals surface area contributed by atoms with Crippen molar-refractivity contribution >= 4 is 27.6 Å². The molecule has 0 unspecified atom stereocenters. The third-order valence-corrected chi connectivity index (χ3v) is 5.17. The number of fused-ring (bicyclic) bond motifs is 1. The standard InChI is InChI=1S/C15H16BrNO5/c16-11-5-6-13-14(21-13)8-7-12(11)22-15(18)9-1-3-10(4-2-9)17(19)20/h1-4,11-14H,5-8H2/t11-,12-,13-,14+/m1/s1. The average molecular weight is 370 g/mol. The van der Waals surface area contributed by atoms with Gasteiger partial charge >= 0.3 is 5.97 Å². The largest absolute Gasteiger partial charge is 0.458 e. The van der Waals surface area contributed by atoms with Gasteiger partial charge in [0.15, 0.2) is 0 Å². The van der Waals surface area contributed by atoms with Crippen LogP contribution < -0.4 is 0 Å². The summed E-state index contributed by atoms with van der Waals surface area (Å²) < 4.78 is 11.1. The van der Waals surface area contributed by atoms with Crippen molar-refractivity contribution in [2.24, 2.45) is 0 Å². The number of non-ortho nitro benzene ring substituents is 1. The highest BCUT2D eigenvalue weighted by Crippen LogP contribution is 2.37. The van der Waals surface area contributed by atoms with Crippen molar-refractivity contribution in [1.29, 1.82) is 0 Å². The lowest BCUT2D eigenvalue weighted by Gasteiger charge is -2.24. The van der Waals surface area contributed by atoms with Crippen LogP contribution in [-0.2, 0) is 9.47 Å². The van der Waals surface area contributed by atoms with Crippen molar-refractivity contribution in [3.63, 3.8) is 0 Å². The maximum absolute atomic E-state index is 12.2. The number of epoxide rings is 1. The minimum atomic E-state index is -0.496. The lowest BCUT2D eigenvalue weighted by molar-refractivity contribution is -0.384. The molecule has 118 valence electrons. The Hall–Kier alpha value is -1.47. The van der Waals surface area contributed by atoms with Crippen molar-refractivity contribution in [2.75, 3.05) is 0 Å². The van der Waals surface area contributed by atoms with Crippen LogP contribution in [0.5, 0.6) is 0 Å². The lowest BCUT2D eigenvalue weighted by atomic mass is 9.98. The van der Waals surface area contributed by atoms with Crippen molar-refractivity contribution in [1.82, 2.24) is 0 Å². The maximum Gasteiger partial charge on any atom is 0.338 e. The Labute approximate surface area is 136 Å². The first-order valence-corrected chi connectivity index (χ1v) is 8.21. The van der Waals surface area contributed by atoms with Crippen LogP contribution in [0.4, 0.5) is 5.69 Å². The lowest BCUT2D eigenvalue weighted by Crippen LogP contribution is -2.29. The summed E-state index contributed by atoms with van der Waals surface area (Å²) in [5.41, 5.74) is 0.283. The van der Waals surface area contributed by atoms with Crippen LogP contribution in [0.15, 0.2) is 24.3 Å². The molecule has 0 aromatic heterocycles. The van der Waals surface area contributed by atoms with E-state index in [-0.39, 0.29) is 16.6 Å². The number of carbonyl (C=O) groups is 1. The zero-order valence-electron chi connectivity index (χ0n) is 11.8.